The Hall–Kier alpha value is -1.59. The van der Waals surface area contributed by atoms with Crippen molar-refractivity contribution in [3.05, 3.63) is 0 Å². The summed E-state index contributed by atoms with van der Waals surface area (Å²) in [6, 6.07) is 0.405. The minimum absolute atomic E-state index is 0.405. The lowest BCUT2D eigenvalue weighted by Gasteiger charge is -2.23. The molecular weight excluding hydrogens is 266 g/mol. The standard InChI is InChI=1S/C15H29N5O/c1-6-9-16-13-17-14(20(8-3)11-12(4)5)19-15(18-13)21-10-7-2/h12H,6-11H2,1-5H3,(H,16,17,18,19). The van der Waals surface area contributed by atoms with Gasteiger partial charge in [-0.2, -0.15) is 15.0 Å². The predicted molar refractivity (Wildman–Crippen MR) is 87.1 cm³/mol. The third-order valence-corrected chi connectivity index (χ3v) is 2.82. The maximum absolute atomic E-state index is 5.59. The van der Waals surface area contributed by atoms with Crippen LogP contribution in [0, 0.1) is 5.92 Å². The molecule has 1 rings (SSSR count). The minimum atomic E-state index is 0.405. The number of ether oxygens (including phenoxy) is 1. The Morgan fingerprint density at radius 3 is 2.43 bits per heavy atom. The largest absolute Gasteiger partial charge is 0.463 e. The summed E-state index contributed by atoms with van der Waals surface area (Å²) < 4.78 is 5.59. The highest BCUT2D eigenvalue weighted by atomic mass is 16.5. The molecule has 1 N–H and O–H groups in total. The molecular formula is C15H29N5O. The van der Waals surface area contributed by atoms with E-state index in [2.05, 4.69) is 59.8 Å². The van der Waals surface area contributed by atoms with Gasteiger partial charge in [-0.05, 0) is 25.7 Å². The van der Waals surface area contributed by atoms with Crippen LogP contribution in [0.4, 0.5) is 11.9 Å². The molecule has 0 aliphatic rings. The SMILES string of the molecule is CCCNc1nc(OCCC)nc(N(CC)CC(C)C)n1. The van der Waals surface area contributed by atoms with E-state index in [0.29, 0.717) is 30.4 Å². The van der Waals surface area contributed by atoms with Gasteiger partial charge >= 0.3 is 6.01 Å². The van der Waals surface area contributed by atoms with Crippen LogP contribution < -0.4 is 15.0 Å². The van der Waals surface area contributed by atoms with Gasteiger partial charge in [0.05, 0.1) is 6.61 Å². The third kappa shape index (κ3) is 6.14. The molecule has 120 valence electrons. The summed E-state index contributed by atoms with van der Waals surface area (Å²) in [5.74, 6) is 1.83. The zero-order chi connectivity index (χ0) is 15.7. The van der Waals surface area contributed by atoms with Crippen LogP contribution in [-0.2, 0) is 0 Å². The van der Waals surface area contributed by atoms with Crippen LogP contribution in [-0.4, -0.2) is 41.2 Å². The third-order valence-electron chi connectivity index (χ3n) is 2.82. The predicted octanol–water partition coefficient (Wildman–Crippen LogP) is 2.96. The van der Waals surface area contributed by atoms with Gasteiger partial charge in [0.15, 0.2) is 0 Å². The topological polar surface area (TPSA) is 63.2 Å². The molecule has 0 bridgehead atoms. The average molecular weight is 295 g/mol. The first-order valence-corrected chi connectivity index (χ1v) is 7.98. The number of nitrogens with zero attached hydrogens (tertiary/aromatic N) is 4. The Morgan fingerprint density at radius 2 is 1.86 bits per heavy atom. The zero-order valence-corrected chi connectivity index (χ0v) is 14.0. The van der Waals surface area contributed by atoms with Crippen LogP contribution >= 0.6 is 0 Å². The van der Waals surface area contributed by atoms with Gasteiger partial charge in [-0.3, -0.25) is 0 Å². The molecule has 0 unspecified atom stereocenters. The molecule has 0 saturated heterocycles. The van der Waals surface area contributed by atoms with Crippen molar-refractivity contribution in [1.29, 1.82) is 0 Å². The lowest BCUT2D eigenvalue weighted by molar-refractivity contribution is 0.291. The molecule has 1 aromatic rings. The monoisotopic (exact) mass is 295 g/mol. The summed E-state index contributed by atoms with van der Waals surface area (Å²) in [6.07, 6.45) is 1.96. The molecule has 0 atom stereocenters. The normalized spacial score (nSPS) is 10.8. The fourth-order valence-corrected chi connectivity index (χ4v) is 1.85. The van der Waals surface area contributed by atoms with Gasteiger partial charge in [-0.1, -0.05) is 27.7 Å². The molecule has 1 heterocycles. The Kier molecular flexibility index (Phi) is 7.79. The first-order chi connectivity index (χ1) is 10.1. The summed E-state index contributed by atoms with van der Waals surface area (Å²) in [5.41, 5.74) is 0. The highest BCUT2D eigenvalue weighted by molar-refractivity contribution is 5.38. The van der Waals surface area contributed by atoms with Crippen molar-refractivity contribution in [1.82, 2.24) is 15.0 Å². The number of rotatable bonds is 10. The van der Waals surface area contributed by atoms with Gasteiger partial charge < -0.3 is 15.0 Å². The van der Waals surface area contributed by atoms with Gasteiger partial charge in [0, 0.05) is 19.6 Å². The van der Waals surface area contributed by atoms with E-state index < -0.39 is 0 Å². The summed E-state index contributed by atoms with van der Waals surface area (Å²) in [4.78, 5) is 15.4. The molecule has 0 aromatic carbocycles. The van der Waals surface area contributed by atoms with E-state index in [9.17, 15) is 0 Å². The second kappa shape index (κ2) is 9.37. The molecule has 1 aromatic heterocycles. The van der Waals surface area contributed by atoms with Crippen LogP contribution in [0.3, 0.4) is 0 Å². The van der Waals surface area contributed by atoms with Crippen molar-refractivity contribution >= 4 is 11.9 Å². The van der Waals surface area contributed by atoms with Gasteiger partial charge in [-0.15, -0.1) is 0 Å². The number of aromatic nitrogens is 3. The molecule has 6 nitrogen and oxygen atoms in total. The molecule has 0 aliphatic heterocycles. The van der Waals surface area contributed by atoms with Crippen molar-refractivity contribution in [2.24, 2.45) is 5.92 Å². The van der Waals surface area contributed by atoms with E-state index in [0.717, 1.165) is 32.5 Å². The maximum atomic E-state index is 5.59. The summed E-state index contributed by atoms with van der Waals surface area (Å²) in [5, 5.41) is 3.21. The highest BCUT2D eigenvalue weighted by Gasteiger charge is 2.14. The van der Waals surface area contributed by atoms with E-state index in [1.807, 2.05) is 0 Å². The van der Waals surface area contributed by atoms with Crippen LogP contribution in [0.2, 0.25) is 0 Å². The molecule has 0 amide bonds. The first kappa shape index (κ1) is 17.5. The van der Waals surface area contributed by atoms with Crippen molar-refractivity contribution < 1.29 is 4.74 Å². The van der Waals surface area contributed by atoms with Crippen LogP contribution in [0.15, 0.2) is 0 Å². The van der Waals surface area contributed by atoms with Gasteiger partial charge in [-0.25, -0.2) is 0 Å². The molecule has 0 fully saturated rings. The van der Waals surface area contributed by atoms with Crippen molar-refractivity contribution in [3.8, 4) is 6.01 Å². The van der Waals surface area contributed by atoms with E-state index >= 15 is 0 Å². The number of hydrogen-bond acceptors (Lipinski definition) is 6. The molecule has 0 aliphatic carbocycles. The van der Waals surface area contributed by atoms with Crippen molar-refractivity contribution in [2.45, 2.75) is 47.5 Å². The first-order valence-electron chi connectivity index (χ1n) is 7.98. The molecule has 0 saturated carbocycles. The zero-order valence-electron chi connectivity index (χ0n) is 14.0. The second-order valence-electron chi connectivity index (χ2n) is 5.45. The van der Waals surface area contributed by atoms with Crippen LogP contribution in [0.1, 0.15) is 47.5 Å². The smallest absolute Gasteiger partial charge is 0.323 e. The number of hydrogen-bond donors (Lipinski definition) is 1. The summed E-state index contributed by atoms with van der Waals surface area (Å²) in [6.45, 7) is 13.9. The molecule has 21 heavy (non-hydrogen) atoms. The average Bonchev–Trinajstić information content (AvgIpc) is 2.48. The summed E-state index contributed by atoms with van der Waals surface area (Å²) >= 11 is 0. The van der Waals surface area contributed by atoms with Crippen molar-refractivity contribution in [3.63, 3.8) is 0 Å². The fourth-order valence-electron chi connectivity index (χ4n) is 1.85. The maximum Gasteiger partial charge on any atom is 0.323 e. The molecule has 6 heteroatoms. The highest BCUT2D eigenvalue weighted by Crippen LogP contribution is 2.16. The minimum Gasteiger partial charge on any atom is -0.463 e. The quantitative estimate of drug-likeness (QED) is 0.716. The van der Waals surface area contributed by atoms with Gasteiger partial charge in [0.2, 0.25) is 11.9 Å². The fraction of sp³-hybridized carbons (Fsp3) is 0.800. The Labute approximate surface area is 128 Å². The lowest BCUT2D eigenvalue weighted by Crippen LogP contribution is -2.29. The molecule has 0 radical (unpaired) electrons. The van der Waals surface area contributed by atoms with Gasteiger partial charge in [0.25, 0.3) is 0 Å². The van der Waals surface area contributed by atoms with E-state index in [4.69, 9.17) is 4.74 Å². The van der Waals surface area contributed by atoms with Crippen LogP contribution in [0.25, 0.3) is 0 Å². The lowest BCUT2D eigenvalue weighted by atomic mass is 10.2. The molecule has 0 spiro atoms. The number of anilines is 2. The van der Waals surface area contributed by atoms with Crippen LogP contribution in [0.5, 0.6) is 6.01 Å². The van der Waals surface area contributed by atoms with Gasteiger partial charge in [0.1, 0.15) is 0 Å². The van der Waals surface area contributed by atoms with Crippen molar-refractivity contribution in [2.75, 3.05) is 36.5 Å². The van der Waals surface area contributed by atoms with E-state index in [-0.39, 0.29) is 0 Å². The Bertz CT molecular complexity index is 385. The number of nitrogens with one attached hydrogen (secondary N) is 1. The second-order valence-corrected chi connectivity index (χ2v) is 5.45. The van der Waals surface area contributed by atoms with E-state index in [1.165, 1.54) is 0 Å². The Balaban J connectivity index is 2.97. The summed E-state index contributed by atoms with van der Waals surface area (Å²) in [7, 11) is 0. The Morgan fingerprint density at radius 1 is 1.10 bits per heavy atom. The van der Waals surface area contributed by atoms with E-state index in [1.54, 1.807) is 0 Å².